The van der Waals surface area contributed by atoms with Crippen LogP contribution in [-0.4, -0.2) is 70.1 Å². The SMILES string of the molecule is COC(=O)[C@@]1(O)CC(=O)N(C)CC/C=C/[C@H](O[Si](C)(C)C(C)(C)C)[C@@H]2CC[C@H]2CN2CCCCc3cc(Cl)ccc3COc3ccc1cc32. The first-order valence-electron chi connectivity index (χ1n) is 17.8. The monoisotopic (exact) mass is 710 g/mol. The van der Waals surface area contributed by atoms with Crippen molar-refractivity contribution in [2.24, 2.45) is 11.8 Å². The van der Waals surface area contributed by atoms with Gasteiger partial charge in [0.2, 0.25) is 5.91 Å². The molecule has 1 fully saturated rings. The number of hydrogen-bond acceptors (Lipinski definition) is 7. The molecule has 49 heavy (non-hydrogen) atoms. The summed E-state index contributed by atoms with van der Waals surface area (Å²) in [6, 6.07) is 11.3. The highest BCUT2D eigenvalue weighted by Gasteiger charge is 2.45. The van der Waals surface area contributed by atoms with E-state index in [1.165, 1.54) is 12.7 Å². The van der Waals surface area contributed by atoms with Gasteiger partial charge in [-0.1, -0.05) is 56.7 Å². The number of rotatable bonds is 3. The van der Waals surface area contributed by atoms with Gasteiger partial charge in [0.15, 0.2) is 13.9 Å². The van der Waals surface area contributed by atoms with Gasteiger partial charge in [-0.05, 0) is 109 Å². The van der Waals surface area contributed by atoms with Gasteiger partial charge in [0, 0.05) is 31.7 Å². The average molecular weight is 711 g/mol. The summed E-state index contributed by atoms with van der Waals surface area (Å²) in [4.78, 5) is 30.7. The van der Waals surface area contributed by atoms with Crippen LogP contribution >= 0.6 is 11.6 Å². The Morgan fingerprint density at radius 1 is 1.08 bits per heavy atom. The number of methoxy groups -OCH3 is 1. The summed E-state index contributed by atoms with van der Waals surface area (Å²) in [5.41, 5.74) is 1.21. The van der Waals surface area contributed by atoms with Gasteiger partial charge in [-0.2, -0.15) is 0 Å². The fourth-order valence-electron chi connectivity index (χ4n) is 6.96. The number of esters is 1. The maximum atomic E-state index is 13.5. The lowest BCUT2D eigenvalue weighted by atomic mass is 9.70. The molecule has 0 unspecified atom stereocenters. The number of halogens is 1. The fourth-order valence-corrected chi connectivity index (χ4v) is 8.44. The first kappa shape index (κ1) is 37.4. The highest BCUT2D eigenvalue weighted by Crippen LogP contribution is 2.45. The van der Waals surface area contributed by atoms with Gasteiger partial charge >= 0.3 is 5.97 Å². The first-order chi connectivity index (χ1) is 23.1. The molecule has 0 saturated heterocycles. The van der Waals surface area contributed by atoms with Gasteiger partial charge in [0.05, 0.1) is 25.3 Å². The van der Waals surface area contributed by atoms with E-state index in [4.69, 9.17) is 25.5 Å². The average Bonchev–Trinajstić information content (AvgIpc) is 3.06. The Kier molecular flexibility index (Phi) is 11.6. The number of aryl methyl sites for hydroxylation is 1. The first-order valence-corrected chi connectivity index (χ1v) is 21.1. The third-order valence-electron chi connectivity index (χ3n) is 11.4. The summed E-state index contributed by atoms with van der Waals surface area (Å²) in [6.07, 6.45) is 9.55. The van der Waals surface area contributed by atoms with Gasteiger partial charge in [0.1, 0.15) is 12.4 Å². The molecule has 2 aromatic carbocycles. The largest absolute Gasteiger partial charge is 0.487 e. The van der Waals surface area contributed by atoms with Crippen LogP contribution in [0.15, 0.2) is 48.6 Å². The van der Waals surface area contributed by atoms with Crippen molar-refractivity contribution in [2.75, 3.05) is 38.7 Å². The van der Waals surface area contributed by atoms with Crippen molar-refractivity contribution in [2.45, 2.75) is 102 Å². The molecule has 2 bridgehead atoms. The molecular weight excluding hydrogens is 656 g/mol. The van der Waals surface area contributed by atoms with Gasteiger partial charge < -0.3 is 28.8 Å². The van der Waals surface area contributed by atoms with Crippen LogP contribution in [0.25, 0.3) is 0 Å². The Balaban J connectivity index is 1.59. The number of benzene rings is 2. The van der Waals surface area contributed by atoms with Crippen molar-refractivity contribution < 1.29 is 28.6 Å². The lowest BCUT2D eigenvalue weighted by Gasteiger charge is -2.47. The summed E-state index contributed by atoms with van der Waals surface area (Å²) in [5.74, 6) is 0.180. The highest BCUT2D eigenvalue weighted by atomic mass is 35.5. The molecule has 1 amide bonds. The molecule has 1 N–H and O–H groups in total. The van der Waals surface area contributed by atoms with E-state index in [2.05, 4.69) is 50.9 Å². The molecule has 3 aliphatic rings. The third kappa shape index (κ3) is 8.38. The lowest BCUT2D eigenvalue weighted by Crippen LogP contribution is -2.50. The van der Waals surface area contributed by atoms with Crippen molar-refractivity contribution >= 4 is 37.5 Å². The fraction of sp³-hybridized carbons (Fsp3) is 0.590. The third-order valence-corrected chi connectivity index (χ3v) is 16.1. The van der Waals surface area contributed by atoms with Crippen LogP contribution in [0.3, 0.4) is 0 Å². The molecule has 268 valence electrons. The quantitative estimate of drug-likeness (QED) is 0.199. The summed E-state index contributed by atoms with van der Waals surface area (Å²) in [5, 5.41) is 12.8. The summed E-state index contributed by atoms with van der Waals surface area (Å²) in [7, 11) is 0.865. The predicted octanol–water partition coefficient (Wildman–Crippen LogP) is 7.65. The maximum Gasteiger partial charge on any atom is 0.343 e. The van der Waals surface area contributed by atoms with E-state index < -0.39 is 26.3 Å². The van der Waals surface area contributed by atoms with Crippen LogP contribution in [-0.2, 0) is 37.4 Å². The molecule has 2 aromatic rings. The second kappa shape index (κ2) is 15.2. The minimum Gasteiger partial charge on any atom is -0.487 e. The molecule has 10 heteroatoms. The van der Waals surface area contributed by atoms with E-state index in [-0.39, 0.29) is 17.0 Å². The van der Waals surface area contributed by atoms with Crippen molar-refractivity contribution in [3.05, 3.63) is 70.3 Å². The number of ether oxygens (including phenoxy) is 2. The van der Waals surface area contributed by atoms with E-state index in [0.717, 1.165) is 56.4 Å². The van der Waals surface area contributed by atoms with Crippen molar-refractivity contribution in [3.8, 4) is 5.75 Å². The van der Waals surface area contributed by atoms with Crippen LogP contribution in [0.5, 0.6) is 5.75 Å². The second-order valence-corrected chi connectivity index (χ2v) is 20.9. The van der Waals surface area contributed by atoms with E-state index in [9.17, 15) is 14.7 Å². The number of nitrogens with zero attached hydrogens (tertiary/aromatic N) is 2. The molecular formula is C39H55ClN2O6Si. The number of anilines is 1. The number of hydrogen-bond donors (Lipinski definition) is 1. The van der Waals surface area contributed by atoms with E-state index in [1.807, 2.05) is 30.3 Å². The lowest BCUT2D eigenvalue weighted by molar-refractivity contribution is -0.168. The molecule has 4 atom stereocenters. The van der Waals surface area contributed by atoms with Crippen LogP contribution in [0.2, 0.25) is 23.2 Å². The summed E-state index contributed by atoms with van der Waals surface area (Å²) < 4.78 is 18.8. The Labute approximate surface area is 298 Å². The summed E-state index contributed by atoms with van der Waals surface area (Å²) >= 11 is 6.39. The van der Waals surface area contributed by atoms with E-state index in [0.29, 0.717) is 47.7 Å². The summed E-state index contributed by atoms with van der Waals surface area (Å²) in [6.45, 7) is 13.8. The van der Waals surface area contributed by atoms with Crippen LogP contribution in [0.4, 0.5) is 5.69 Å². The Hall–Kier alpha value is -2.85. The molecule has 8 nitrogen and oxygen atoms in total. The zero-order valence-corrected chi connectivity index (χ0v) is 32.1. The maximum absolute atomic E-state index is 13.5. The molecule has 1 aliphatic carbocycles. The number of amides is 1. The molecule has 5 rings (SSSR count). The van der Waals surface area contributed by atoms with Crippen molar-refractivity contribution in [1.29, 1.82) is 0 Å². The van der Waals surface area contributed by atoms with Gasteiger partial charge in [0.25, 0.3) is 0 Å². The highest BCUT2D eigenvalue weighted by molar-refractivity contribution is 6.74. The zero-order valence-electron chi connectivity index (χ0n) is 30.4. The normalized spacial score (nSPS) is 26.3. The minimum atomic E-state index is -2.16. The Bertz CT molecular complexity index is 1540. The number of carbonyl (C=O) groups is 2. The van der Waals surface area contributed by atoms with E-state index in [1.54, 1.807) is 18.0 Å². The van der Waals surface area contributed by atoms with Gasteiger partial charge in [-0.3, -0.25) is 4.79 Å². The molecule has 1 saturated carbocycles. The molecule has 0 radical (unpaired) electrons. The van der Waals surface area contributed by atoms with Crippen LogP contribution in [0.1, 0.15) is 76.0 Å². The standard InChI is InChI=1S/C39H55ClN2O6Si/c1-38(2,3)49(6,7)48-34-13-9-10-20-41(4)36(43)24-39(45,37(44)46-5)30-16-19-35-33(23-30)42(25-28-15-18-32(28)34)21-11-8-12-27-22-31(40)17-14-29(27)26-47-35/h9,13-14,16-17,19,22-23,28,32,34,45H,8,10-12,15,18,20-21,24-26H2,1-7H3/b13-9+/t28-,32+,34-,39+/m0/s1. The number of fused-ring (bicyclic) bond motifs is 3. The Morgan fingerprint density at radius 2 is 1.86 bits per heavy atom. The minimum absolute atomic E-state index is 0.0109. The van der Waals surface area contributed by atoms with Crippen LogP contribution < -0.4 is 9.64 Å². The van der Waals surface area contributed by atoms with Crippen LogP contribution in [0, 0.1) is 11.8 Å². The second-order valence-electron chi connectivity index (χ2n) is 15.7. The predicted molar refractivity (Wildman–Crippen MR) is 198 cm³/mol. The zero-order chi connectivity index (χ0) is 35.6. The number of aliphatic hydroxyl groups is 1. The molecule has 0 aromatic heterocycles. The van der Waals surface area contributed by atoms with Gasteiger partial charge in [-0.25, -0.2) is 4.79 Å². The number of carbonyl (C=O) groups excluding carboxylic acids is 2. The van der Waals surface area contributed by atoms with E-state index >= 15 is 0 Å². The smallest absolute Gasteiger partial charge is 0.343 e. The molecule has 0 spiro atoms. The van der Waals surface area contributed by atoms with Gasteiger partial charge in [-0.15, -0.1) is 0 Å². The molecule has 2 heterocycles. The van der Waals surface area contributed by atoms with Crippen molar-refractivity contribution in [3.63, 3.8) is 0 Å². The Morgan fingerprint density at radius 3 is 2.55 bits per heavy atom. The topological polar surface area (TPSA) is 88.5 Å². The van der Waals surface area contributed by atoms with Crippen molar-refractivity contribution in [1.82, 2.24) is 4.90 Å². The molecule has 2 aliphatic heterocycles.